The first-order valence-corrected chi connectivity index (χ1v) is 8.42. The highest BCUT2D eigenvalue weighted by Crippen LogP contribution is 2.33. The van der Waals surface area contributed by atoms with E-state index in [1.807, 2.05) is 32.0 Å². The summed E-state index contributed by atoms with van der Waals surface area (Å²) >= 11 is 3.42. The second-order valence-electron chi connectivity index (χ2n) is 5.93. The second-order valence-corrected chi connectivity index (χ2v) is 6.84. The zero-order chi connectivity index (χ0) is 17.0. The van der Waals surface area contributed by atoms with Crippen LogP contribution < -0.4 is 21.1 Å². The average molecular weight is 421 g/mol. The molecule has 0 spiro atoms. The summed E-state index contributed by atoms with van der Waals surface area (Å²) in [6.07, 6.45) is 0.689. The van der Waals surface area contributed by atoms with Gasteiger partial charge in [-0.05, 0) is 24.1 Å². The third-order valence-corrected chi connectivity index (χ3v) is 4.28. The molecule has 1 aliphatic rings. The van der Waals surface area contributed by atoms with Crippen molar-refractivity contribution < 1.29 is 14.3 Å². The van der Waals surface area contributed by atoms with Gasteiger partial charge in [-0.15, -0.1) is 12.4 Å². The number of hydrogen-bond donors (Lipinski definition) is 3. The fourth-order valence-electron chi connectivity index (χ4n) is 2.35. The molecule has 0 saturated heterocycles. The highest BCUT2D eigenvalue weighted by atomic mass is 79.9. The molecule has 8 heteroatoms. The fourth-order valence-corrected chi connectivity index (χ4v) is 2.73. The molecule has 0 aromatic heterocycles. The fraction of sp³-hybridized carbons (Fsp3) is 0.500. The highest BCUT2D eigenvalue weighted by molar-refractivity contribution is 9.10. The van der Waals surface area contributed by atoms with E-state index in [-0.39, 0.29) is 42.7 Å². The third-order valence-electron chi connectivity index (χ3n) is 3.79. The Hall–Kier alpha value is -1.31. The summed E-state index contributed by atoms with van der Waals surface area (Å²) in [4.78, 5) is 23.9. The lowest BCUT2D eigenvalue weighted by molar-refractivity contribution is -0.127. The van der Waals surface area contributed by atoms with Gasteiger partial charge in [0.15, 0.2) is 0 Å². The minimum Gasteiger partial charge on any atom is -0.493 e. The standard InChI is InChI=1S/C16H22BrN3O3.ClH/c1-9(2)15(18)16(22)19-8-14(21)20-12-5-6-23-13-4-3-10(17)7-11(12)13;/h3-4,7,9,12,15H,5-6,8,18H2,1-2H3,(H,19,22)(H,20,21);1H/t12?,15-;/m0./s1. The first kappa shape index (κ1) is 20.7. The van der Waals surface area contributed by atoms with E-state index in [0.29, 0.717) is 13.0 Å². The number of carbonyl (C=O) groups excluding carboxylic acids is 2. The number of nitrogens with two attached hydrogens (primary N) is 1. The van der Waals surface area contributed by atoms with Gasteiger partial charge in [0.1, 0.15) is 5.75 Å². The molecule has 0 radical (unpaired) electrons. The molecule has 6 nitrogen and oxygen atoms in total. The van der Waals surface area contributed by atoms with E-state index in [2.05, 4.69) is 26.6 Å². The lowest BCUT2D eigenvalue weighted by atomic mass is 10.0. The van der Waals surface area contributed by atoms with Crippen molar-refractivity contribution in [1.29, 1.82) is 0 Å². The summed E-state index contributed by atoms with van der Waals surface area (Å²) in [6.45, 7) is 4.19. The molecule has 2 atom stereocenters. The van der Waals surface area contributed by atoms with Gasteiger partial charge in [-0.2, -0.15) is 0 Å². The maximum absolute atomic E-state index is 12.1. The van der Waals surface area contributed by atoms with Crippen molar-refractivity contribution in [3.8, 4) is 5.75 Å². The molecule has 134 valence electrons. The van der Waals surface area contributed by atoms with Crippen LogP contribution in [0.4, 0.5) is 0 Å². The van der Waals surface area contributed by atoms with E-state index in [0.717, 1.165) is 15.8 Å². The van der Waals surface area contributed by atoms with E-state index in [4.69, 9.17) is 10.5 Å². The SMILES string of the molecule is CC(C)[C@H](N)C(=O)NCC(=O)NC1CCOc2ccc(Br)cc21.Cl. The van der Waals surface area contributed by atoms with Crippen LogP contribution in [0.3, 0.4) is 0 Å². The first-order valence-electron chi connectivity index (χ1n) is 7.63. The Morgan fingerprint density at radius 1 is 1.42 bits per heavy atom. The predicted molar refractivity (Wildman–Crippen MR) is 98.2 cm³/mol. The van der Waals surface area contributed by atoms with Gasteiger partial charge < -0.3 is 21.1 Å². The van der Waals surface area contributed by atoms with Crippen molar-refractivity contribution in [3.05, 3.63) is 28.2 Å². The van der Waals surface area contributed by atoms with Crippen LogP contribution in [0.1, 0.15) is 31.9 Å². The van der Waals surface area contributed by atoms with Gasteiger partial charge in [0.25, 0.3) is 0 Å². The quantitative estimate of drug-likeness (QED) is 0.678. The number of benzene rings is 1. The van der Waals surface area contributed by atoms with Gasteiger partial charge in [-0.25, -0.2) is 0 Å². The van der Waals surface area contributed by atoms with Crippen LogP contribution in [0.15, 0.2) is 22.7 Å². The Morgan fingerprint density at radius 2 is 2.12 bits per heavy atom. The van der Waals surface area contributed by atoms with Crippen molar-refractivity contribution in [3.63, 3.8) is 0 Å². The number of halogens is 2. The molecule has 2 amide bonds. The Morgan fingerprint density at radius 3 is 2.79 bits per heavy atom. The molecule has 2 rings (SSSR count). The predicted octanol–water partition coefficient (Wildman–Crippen LogP) is 1.91. The topological polar surface area (TPSA) is 93.5 Å². The highest BCUT2D eigenvalue weighted by Gasteiger charge is 2.24. The summed E-state index contributed by atoms with van der Waals surface area (Å²) in [7, 11) is 0. The smallest absolute Gasteiger partial charge is 0.239 e. The molecular formula is C16H23BrClN3O3. The van der Waals surface area contributed by atoms with Crippen LogP contribution in [0.2, 0.25) is 0 Å². The molecule has 1 heterocycles. The van der Waals surface area contributed by atoms with Gasteiger partial charge >= 0.3 is 0 Å². The Bertz CT molecular complexity index is 598. The van der Waals surface area contributed by atoms with Crippen molar-refractivity contribution in [2.24, 2.45) is 11.7 Å². The van der Waals surface area contributed by atoms with E-state index >= 15 is 0 Å². The van der Waals surface area contributed by atoms with Gasteiger partial charge in [-0.1, -0.05) is 29.8 Å². The zero-order valence-corrected chi connectivity index (χ0v) is 16.1. The van der Waals surface area contributed by atoms with E-state index in [1.165, 1.54) is 0 Å². The van der Waals surface area contributed by atoms with Gasteiger partial charge in [0.2, 0.25) is 11.8 Å². The summed E-state index contributed by atoms with van der Waals surface area (Å²) < 4.78 is 6.52. The minimum absolute atomic E-state index is 0. The Kier molecular flexibility index (Phi) is 7.99. The van der Waals surface area contributed by atoms with Gasteiger partial charge in [-0.3, -0.25) is 9.59 Å². The van der Waals surface area contributed by atoms with E-state index in [1.54, 1.807) is 0 Å². The minimum atomic E-state index is -0.609. The van der Waals surface area contributed by atoms with Crippen molar-refractivity contribution in [1.82, 2.24) is 10.6 Å². The number of amides is 2. The van der Waals surface area contributed by atoms with E-state index < -0.39 is 6.04 Å². The normalized spacial score (nSPS) is 17.1. The third kappa shape index (κ3) is 5.36. The zero-order valence-electron chi connectivity index (χ0n) is 13.7. The lowest BCUT2D eigenvalue weighted by Gasteiger charge is -2.27. The largest absolute Gasteiger partial charge is 0.493 e. The number of ether oxygens (including phenoxy) is 1. The van der Waals surface area contributed by atoms with Gasteiger partial charge in [0.05, 0.1) is 25.2 Å². The molecule has 1 aliphatic heterocycles. The second kappa shape index (κ2) is 9.25. The van der Waals surface area contributed by atoms with Crippen LogP contribution in [0.25, 0.3) is 0 Å². The maximum Gasteiger partial charge on any atom is 0.239 e. The molecule has 1 aromatic rings. The van der Waals surface area contributed by atoms with Crippen molar-refractivity contribution in [2.75, 3.05) is 13.2 Å². The monoisotopic (exact) mass is 419 g/mol. The molecule has 24 heavy (non-hydrogen) atoms. The van der Waals surface area contributed by atoms with Gasteiger partial charge in [0, 0.05) is 16.5 Å². The first-order chi connectivity index (χ1) is 10.9. The summed E-state index contributed by atoms with van der Waals surface area (Å²) in [5.41, 5.74) is 6.68. The van der Waals surface area contributed by atoms with Crippen LogP contribution in [0, 0.1) is 5.92 Å². The maximum atomic E-state index is 12.1. The van der Waals surface area contributed by atoms with Crippen LogP contribution in [-0.2, 0) is 9.59 Å². The van der Waals surface area contributed by atoms with Crippen molar-refractivity contribution >= 4 is 40.2 Å². The Balaban J connectivity index is 0.00000288. The Labute approximate surface area is 156 Å². The lowest BCUT2D eigenvalue weighted by Crippen LogP contribution is -2.47. The molecule has 1 aromatic carbocycles. The number of hydrogen-bond acceptors (Lipinski definition) is 4. The summed E-state index contributed by atoms with van der Waals surface area (Å²) in [5.74, 6) is 0.241. The average Bonchev–Trinajstić information content (AvgIpc) is 2.52. The molecule has 0 fully saturated rings. The molecule has 4 N–H and O–H groups in total. The van der Waals surface area contributed by atoms with Crippen LogP contribution in [0.5, 0.6) is 5.75 Å². The summed E-state index contributed by atoms with van der Waals surface area (Å²) in [5, 5.41) is 5.50. The molecule has 0 aliphatic carbocycles. The summed E-state index contributed by atoms with van der Waals surface area (Å²) in [6, 6.07) is 4.98. The number of nitrogens with one attached hydrogen (secondary N) is 2. The van der Waals surface area contributed by atoms with E-state index in [9.17, 15) is 9.59 Å². The number of rotatable bonds is 5. The number of fused-ring (bicyclic) bond motifs is 1. The van der Waals surface area contributed by atoms with Crippen molar-refractivity contribution in [2.45, 2.75) is 32.4 Å². The number of carbonyl (C=O) groups is 2. The molecule has 0 bridgehead atoms. The molecular weight excluding hydrogens is 398 g/mol. The van der Waals surface area contributed by atoms with Crippen LogP contribution >= 0.6 is 28.3 Å². The molecule has 0 saturated carbocycles. The molecule has 1 unspecified atom stereocenters. The van der Waals surface area contributed by atoms with Crippen LogP contribution in [-0.4, -0.2) is 31.0 Å².